The zero-order valence-corrected chi connectivity index (χ0v) is 6.27. The van der Waals surface area contributed by atoms with Gasteiger partial charge in [0.05, 0.1) is 0 Å². The molecule has 0 fully saturated rings. The van der Waals surface area contributed by atoms with Crippen LogP contribution in [0.3, 0.4) is 0 Å². The van der Waals surface area contributed by atoms with Crippen molar-refractivity contribution in [2.24, 2.45) is 5.73 Å². The Balaban J connectivity index is 0. The molecule has 0 aromatic rings. The first-order valence-electron chi connectivity index (χ1n) is 2.88. The largest absolute Gasteiger partial charge is 0.388 e. The Morgan fingerprint density at radius 1 is 1.55 bits per heavy atom. The van der Waals surface area contributed by atoms with E-state index in [1.807, 2.05) is 0 Å². The highest BCUT2D eigenvalue weighted by Gasteiger charge is 2.01. The molecule has 5 N–H and O–H groups in total. The molecule has 5 heteroatoms. The number of carbonyl (C=O) groups is 1. The molecule has 0 rings (SSSR count). The van der Waals surface area contributed by atoms with Crippen molar-refractivity contribution in [1.82, 2.24) is 0 Å². The number of hydrogen-bond acceptors (Lipinski definition) is 4. The van der Waals surface area contributed by atoms with Gasteiger partial charge in [-0.1, -0.05) is 6.58 Å². The van der Waals surface area contributed by atoms with Gasteiger partial charge in [-0.05, 0) is 13.0 Å². The quantitative estimate of drug-likeness (QED) is 0.289. The molecule has 0 aliphatic carbocycles. The zero-order chi connectivity index (χ0) is 9.44. The molecule has 0 aliphatic rings. The molecule has 0 aromatic heterocycles. The normalized spacial score (nSPS) is 11.4. The van der Waals surface area contributed by atoms with E-state index in [1.54, 1.807) is 0 Å². The Labute approximate surface area is 64.8 Å². The fourth-order valence-electron chi connectivity index (χ4n) is 0. The Hall–Kier alpha value is -0.910. The summed E-state index contributed by atoms with van der Waals surface area (Å²) in [5.74, 6) is -0.481. The molecule has 0 saturated heterocycles. The highest BCUT2D eigenvalue weighted by atomic mass is 16.5. The minimum Gasteiger partial charge on any atom is -0.388 e. The second-order valence-electron chi connectivity index (χ2n) is 1.76. The van der Waals surface area contributed by atoms with Crippen molar-refractivity contribution in [3.63, 3.8) is 0 Å². The summed E-state index contributed by atoms with van der Waals surface area (Å²) >= 11 is 0. The summed E-state index contributed by atoms with van der Waals surface area (Å²) in [6.07, 6.45) is -1.57. The number of carbonyl (C=O) groups excluding carboxylic acids is 1. The van der Waals surface area contributed by atoms with Gasteiger partial charge in [0.15, 0.2) is 6.29 Å². The van der Waals surface area contributed by atoms with E-state index >= 15 is 0 Å². The Kier molecular flexibility index (Phi) is 8.34. The lowest BCUT2D eigenvalue weighted by atomic mass is 10.4. The standard InChI is InChI=1S/C3H5NO.C3H8O3/c1-2-3(4)5;1-2(4)3(5)6/h2H,1H2,(H2,4,5);2-6H,1H3. The van der Waals surface area contributed by atoms with Crippen LogP contribution in [0.5, 0.6) is 0 Å². The van der Waals surface area contributed by atoms with Crippen LogP contribution in [0, 0.1) is 0 Å². The smallest absolute Gasteiger partial charge is 0.240 e. The van der Waals surface area contributed by atoms with Crippen LogP contribution in [0.2, 0.25) is 0 Å². The summed E-state index contributed by atoms with van der Waals surface area (Å²) in [5.41, 5.74) is 4.53. The van der Waals surface area contributed by atoms with Crippen molar-refractivity contribution < 1.29 is 20.1 Å². The minimum atomic E-state index is -1.59. The third-order valence-electron chi connectivity index (χ3n) is 0.633. The molecule has 1 unspecified atom stereocenters. The average Bonchev–Trinajstić information content (AvgIpc) is 1.89. The Morgan fingerprint density at radius 2 is 1.73 bits per heavy atom. The number of aliphatic hydroxyl groups is 3. The van der Waals surface area contributed by atoms with Crippen LogP contribution >= 0.6 is 0 Å². The van der Waals surface area contributed by atoms with Crippen LogP contribution in [0.4, 0.5) is 0 Å². The molecule has 1 amide bonds. The molecule has 66 valence electrons. The molecule has 0 spiro atoms. The second kappa shape index (κ2) is 7.20. The molecule has 0 heterocycles. The molecule has 0 radical (unpaired) electrons. The van der Waals surface area contributed by atoms with E-state index in [2.05, 4.69) is 12.3 Å². The van der Waals surface area contributed by atoms with Gasteiger partial charge in [-0.25, -0.2) is 0 Å². The van der Waals surface area contributed by atoms with Gasteiger partial charge < -0.3 is 21.1 Å². The summed E-state index contributed by atoms with van der Waals surface area (Å²) < 4.78 is 0. The highest BCUT2D eigenvalue weighted by molar-refractivity contribution is 5.84. The molecule has 5 nitrogen and oxygen atoms in total. The van der Waals surface area contributed by atoms with Gasteiger partial charge in [0.25, 0.3) is 0 Å². The SMILES string of the molecule is C=CC(N)=O.CC(O)C(O)O. The summed E-state index contributed by atoms with van der Waals surface area (Å²) in [5, 5.41) is 24.0. The monoisotopic (exact) mass is 163 g/mol. The van der Waals surface area contributed by atoms with E-state index in [0.29, 0.717) is 0 Å². The van der Waals surface area contributed by atoms with E-state index in [4.69, 9.17) is 15.3 Å². The number of nitrogens with two attached hydrogens (primary N) is 1. The number of aliphatic hydroxyl groups excluding tert-OH is 2. The average molecular weight is 163 g/mol. The van der Waals surface area contributed by atoms with Gasteiger partial charge in [0.1, 0.15) is 6.10 Å². The summed E-state index contributed by atoms with van der Waals surface area (Å²) in [6, 6.07) is 0. The lowest BCUT2D eigenvalue weighted by molar-refractivity contribution is -0.114. The lowest BCUT2D eigenvalue weighted by Gasteiger charge is -2.02. The van der Waals surface area contributed by atoms with Gasteiger partial charge >= 0.3 is 0 Å². The second-order valence-corrected chi connectivity index (χ2v) is 1.76. The van der Waals surface area contributed by atoms with E-state index < -0.39 is 18.3 Å². The first-order valence-corrected chi connectivity index (χ1v) is 2.88. The van der Waals surface area contributed by atoms with Gasteiger partial charge in [0, 0.05) is 0 Å². The van der Waals surface area contributed by atoms with Crippen LogP contribution in [-0.2, 0) is 4.79 Å². The maximum absolute atomic E-state index is 9.47. The number of primary amides is 1. The van der Waals surface area contributed by atoms with Crippen LogP contribution in [0.1, 0.15) is 6.92 Å². The maximum Gasteiger partial charge on any atom is 0.240 e. The number of rotatable bonds is 2. The van der Waals surface area contributed by atoms with Crippen molar-refractivity contribution >= 4 is 5.91 Å². The van der Waals surface area contributed by atoms with E-state index in [9.17, 15) is 4.79 Å². The predicted molar refractivity (Wildman–Crippen MR) is 39.3 cm³/mol. The maximum atomic E-state index is 9.47. The number of amides is 1. The molecule has 0 aliphatic heterocycles. The van der Waals surface area contributed by atoms with Crippen LogP contribution in [0.15, 0.2) is 12.7 Å². The molecule has 0 saturated carbocycles. The molecule has 0 aromatic carbocycles. The fourth-order valence-corrected chi connectivity index (χ4v) is 0. The molecule has 0 bridgehead atoms. The van der Waals surface area contributed by atoms with Crippen molar-refractivity contribution in [2.45, 2.75) is 19.3 Å². The summed E-state index contributed by atoms with van der Waals surface area (Å²) in [6.45, 7) is 4.38. The molecule has 11 heavy (non-hydrogen) atoms. The van der Waals surface area contributed by atoms with Gasteiger partial charge in [-0.2, -0.15) is 0 Å². The molecule has 1 atom stereocenters. The van der Waals surface area contributed by atoms with Crippen molar-refractivity contribution in [3.8, 4) is 0 Å². The molecular formula is C6H13NO4. The van der Waals surface area contributed by atoms with Crippen molar-refractivity contribution in [2.75, 3.05) is 0 Å². The summed E-state index contributed by atoms with van der Waals surface area (Å²) in [4.78, 5) is 9.47. The molecular weight excluding hydrogens is 150 g/mol. The van der Waals surface area contributed by atoms with Crippen LogP contribution in [0.25, 0.3) is 0 Å². The zero-order valence-electron chi connectivity index (χ0n) is 6.27. The van der Waals surface area contributed by atoms with E-state index in [-0.39, 0.29) is 0 Å². The topological polar surface area (TPSA) is 104 Å². The third kappa shape index (κ3) is 17.6. The van der Waals surface area contributed by atoms with Gasteiger partial charge in [-0.15, -0.1) is 0 Å². The number of hydrogen-bond donors (Lipinski definition) is 4. The van der Waals surface area contributed by atoms with E-state index in [1.165, 1.54) is 6.92 Å². The predicted octanol–water partition coefficient (Wildman–Crippen LogP) is -1.66. The first-order chi connectivity index (χ1) is 4.91. The van der Waals surface area contributed by atoms with Crippen molar-refractivity contribution in [1.29, 1.82) is 0 Å². The lowest BCUT2D eigenvalue weighted by Crippen LogP contribution is -2.20. The van der Waals surface area contributed by atoms with E-state index in [0.717, 1.165) is 6.08 Å². The van der Waals surface area contributed by atoms with Gasteiger partial charge in [-0.3, -0.25) is 4.79 Å². The third-order valence-corrected chi connectivity index (χ3v) is 0.633. The highest BCUT2D eigenvalue weighted by Crippen LogP contribution is 1.81. The Morgan fingerprint density at radius 3 is 1.73 bits per heavy atom. The first kappa shape index (κ1) is 12.7. The minimum absolute atomic E-state index is 0.481. The summed E-state index contributed by atoms with van der Waals surface area (Å²) in [7, 11) is 0. The van der Waals surface area contributed by atoms with Crippen molar-refractivity contribution in [3.05, 3.63) is 12.7 Å². The fraction of sp³-hybridized carbons (Fsp3) is 0.500. The van der Waals surface area contributed by atoms with Crippen LogP contribution < -0.4 is 5.73 Å². The Bertz CT molecular complexity index is 116. The van der Waals surface area contributed by atoms with Gasteiger partial charge in [0.2, 0.25) is 5.91 Å². The van der Waals surface area contributed by atoms with Crippen LogP contribution in [-0.4, -0.2) is 33.6 Å².